The average molecular weight is 283 g/mol. The summed E-state index contributed by atoms with van der Waals surface area (Å²) >= 11 is 0. The zero-order valence-electron chi connectivity index (χ0n) is 14.0. The molecule has 0 bridgehead atoms. The van der Waals surface area contributed by atoms with Crippen molar-refractivity contribution in [2.24, 2.45) is 0 Å². The molecule has 106 valence electrons. The van der Waals surface area contributed by atoms with E-state index in [9.17, 15) is 0 Å². The van der Waals surface area contributed by atoms with Gasteiger partial charge in [0.15, 0.2) is 0 Å². The SMILES string of the molecule is CC(C)=CCC/C(=C\C[Si](C)(C)C)C[Si](C)(C)C. The maximum Gasteiger partial charge on any atom is 0.0483 e. The molecule has 0 radical (unpaired) electrons. The summed E-state index contributed by atoms with van der Waals surface area (Å²) in [6.45, 7) is 19.2. The topological polar surface area (TPSA) is 0 Å². The third-order valence-corrected chi connectivity index (χ3v) is 5.72. The predicted octanol–water partition coefficient (Wildman–Crippen LogP) is 6.34. The molecule has 0 spiro atoms. The summed E-state index contributed by atoms with van der Waals surface area (Å²) in [7, 11) is -1.90. The van der Waals surface area contributed by atoms with Crippen molar-refractivity contribution in [2.75, 3.05) is 0 Å². The molecule has 2 heteroatoms. The van der Waals surface area contributed by atoms with Crippen LogP contribution in [0, 0.1) is 0 Å². The first-order chi connectivity index (χ1) is 7.99. The van der Waals surface area contributed by atoms with Crippen molar-refractivity contribution in [2.45, 2.75) is 78.1 Å². The lowest BCUT2D eigenvalue weighted by atomic mass is 10.1. The fourth-order valence-corrected chi connectivity index (χ4v) is 4.53. The van der Waals surface area contributed by atoms with Crippen molar-refractivity contribution in [1.29, 1.82) is 0 Å². The van der Waals surface area contributed by atoms with Crippen LogP contribution < -0.4 is 0 Å². The van der Waals surface area contributed by atoms with Crippen LogP contribution in [0.5, 0.6) is 0 Å². The Labute approximate surface area is 118 Å². The largest absolute Gasteiger partial charge is 0.0883 e. The van der Waals surface area contributed by atoms with E-state index in [1.54, 1.807) is 5.57 Å². The van der Waals surface area contributed by atoms with Gasteiger partial charge in [0, 0.05) is 16.1 Å². The molecule has 0 nitrogen and oxygen atoms in total. The van der Waals surface area contributed by atoms with Gasteiger partial charge in [0.2, 0.25) is 0 Å². The van der Waals surface area contributed by atoms with Crippen LogP contribution in [0.1, 0.15) is 26.7 Å². The first-order valence-corrected chi connectivity index (χ1v) is 14.7. The first-order valence-electron chi connectivity index (χ1n) is 7.31. The van der Waals surface area contributed by atoms with Gasteiger partial charge in [0.05, 0.1) is 0 Å². The molecule has 0 fully saturated rings. The molecule has 18 heavy (non-hydrogen) atoms. The van der Waals surface area contributed by atoms with E-state index in [4.69, 9.17) is 0 Å². The Morgan fingerprint density at radius 2 is 1.39 bits per heavy atom. The van der Waals surface area contributed by atoms with Crippen molar-refractivity contribution in [3.05, 3.63) is 23.3 Å². The van der Waals surface area contributed by atoms with Crippen LogP contribution in [0.3, 0.4) is 0 Å². The number of hydrogen-bond donors (Lipinski definition) is 0. The van der Waals surface area contributed by atoms with Crippen LogP contribution in [0.2, 0.25) is 51.4 Å². The van der Waals surface area contributed by atoms with Gasteiger partial charge in [-0.3, -0.25) is 0 Å². The van der Waals surface area contributed by atoms with Crippen molar-refractivity contribution in [1.82, 2.24) is 0 Å². The zero-order valence-corrected chi connectivity index (χ0v) is 16.0. The highest BCUT2D eigenvalue weighted by molar-refractivity contribution is 6.77. The second-order valence-electron chi connectivity index (χ2n) is 8.18. The van der Waals surface area contributed by atoms with Crippen LogP contribution in [0.25, 0.3) is 0 Å². The molecule has 0 heterocycles. The van der Waals surface area contributed by atoms with Gasteiger partial charge in [-0.2, -0.15) is 0 Å². The fourth-order valence-electron chi connectivity index (χ4n) is 1.94. The lowest BCUT2D eigenvalue weighted by Crippen LogP contribution is -2.21. The standard InChI is InChI=1S/C16H34Si2/c1-15(2)10-9-11-16(14-18(6,7)8)12-13-17(3,4)5/h10,12H,9,11,13-14H2,1-8H3/b16-12+. The normalized spacial score (nSPS) is 13.7. The quantitative estimate of drug-likeness (QED) is 0.378. The summed E-state index contributed by atoms with van der Waals surface area (Å²) in [4.78, 5) is 0. The minimum absolute atomic E-state index is 0.933. The highest BCUT2D eigenvalue weighted by atomic mass is 28.3. The summed E-state index contributed by atoms with van der Waals surface area (Å²) in [6.07, 6.45) is 7.47. The third-order valence-electron chi connectivity index (χ3n) is 2.78. The van der Waals surface area contributed by atoms with E-state index >= 15 is 0 Å². The number of hydrogen-bond acceptors (Lipinski definition) is 0. The van der Waals surface area contributed by atoms with E-state index in [0.29, 0.717) is 0 Å². The molecular weight excluding hydrogens is 248 g/mol. The maximum atomic E-state index is 2.59. The van der Waals surface area contributed by atoms with E-state index < -0.39 is 16.1 Å². The van der Waals surface area contributed by atoms with Crippen molar-refractivity contribution in [3.8, 4) is 0 Å². The van der Waals surface area contributed by atoms with Crippen LogP contribution in [0.4, 0.5) is 0 Å². The van der Waals surface area contributed by atoms with Crippen LogP contribution in [-0.2, 0) is 0 Å². The summed E-state index contributed by atoms with van der Waals surface area (Å²) in [6, 6.07) is 2.73. The fraction of sp³-hybridized carbons (Fsp3) is 0.750. The monoisotopic (exact) mass is 282 g/mol. The molecule has 0 aromatic rings. The number of allylic oxidation sites excluding steroid dienone is 4. The highest BCUT2D eigenvalue weighted by Gasteiger charge is 2.17. The van der Waals surface area contributed by atoms with E-state index in [1.807, 2.05) is 0 Å². The molecule has 0 aromatic heterocycles. The molecule has 0 rings (SSSR count). The van der Waals surface area contributed by atoms with E-state index in [1.165, 1.54) is 30.5 Å². The van der Waals surface area contributed by atoms with Gasteiger partial charge in [0.1, 0.15) is 0 Å². The minimum Gasteiger partial charge on any atom is -0.0883 e. The molecule has 0 amide bonds. The van der Waals surface area contributed by atoms with Gasteiger partial charge in [-0.15, -0.1) is 0 Å². The smallest absolute Gasteiger partial charge is 0.0483 e. The Morgan fingerprint density at radius 1 is 0.833 bits per heavy atom. The predicted molar refractivity (Wildman–Crippen MR) is 93.1 cm³/mol. The Balaban J connectivity index is 4.57. The molecular formula is C16H34Si2. The second kappa shape index (κ2) is 7.49. The Bertz CT molecular complexity index is 294. The summed E-state index contributed by atoms with van der Waals surface area (Å²) in [5.74, 6) is 0. The lowest BCUT2D eigenvalue weighted by Gasteiger charge is -2.20. The van der Waals surface area contributed by atoms with Gasteiger partial charge >= 0.3 is 0 Å². The Hall–Kier alpha value is -0.0862. The van der Waals surface area contributed by atoms with Gasteiger partial charge in [-0.05, 0) is 38.8 Å². The summed E-state index contributed by atoms with van der Waals surface area (Å²) in [5, 5.41) is 0. The molecule has 0 unspecified atom stereocenters. The van der Waals surface area contributed by atoms with Crippen LogP contribution >= 0.6 is 0 Å². The molecule has 0 atom stereocenters. The molecule has 0 aliphatic heterocycles. The van der Waals surface area contributed by atoms with Gasteiger partial charge in [-0.25, -0.2) is 0 Å². The molecule has 0 saturated heterocycles. The van der Waals surface area contributed by atoms with Crippen molar-refractivity contribution >= 4 is 16.1 Å². The highest BCUT2D eigenvalue weighted by Crippen LogP contribution is 2.23. The third kappa shape index (κ3) is 12.4. The Morgan fingerprint density at radius 3 is 1.78 bits per heavy atom. The molecule has 0 aliphatic carbocycles. The second-order valence-corrected chi connectivity index (χ2v) is 19.2. The van der Waals surface area contributed by atoms with Crippen molar-refractivity contribution in [3.63, 3.8) is 0 Å². The molecule has 0 aliphatic rings. The number of rotatable bonds is 7. The summed E-state index contributed by atoms with van der Waals surface area (Å²) in [5.41, 5.74) is 3.18. The van der Waals surface area contributed by atoms with E-state index in [0.717, 1.165) is 0 Å². The van der Waals surface area contributed by atoms with Gasteiger partial charge in [-0.1, -0.05) is 62.6 Å². The first kappa shape index (κ1) is 17.9. The van der Waals surface area contributed by atoms with Crippen molar-refractivity contribution < 1.29 is 0 Å². The van der Waals surface area contributed by atoms with E-state index in [2.05, 4.69) is 65.3 Å². The summed E-state index contributed by atoms with van der Waals surface area (Å²) < 4.78 is 0. The molecule has 0 saturated carbocycles. The van der Waals surface area contributed by atoms with Crippen LogP contribution in [-0.4, -0.2) is 16.1 Å². The molecule has 0 aromatic carbocycles. The van der Waals surface area contributed by atoms with Gasteiger partial charge in [0.25, 0.3) is 0 Å². The Kier molecular flexibility index (Phi) is 7.45. The molecule has 0 N–H and O–H groups in total. The lowest BCUT2D eigenvalue weighted by molar-refractivity contribution is 0.954. The van der Waals surface area contributed by atoms with Crippen LogP contribution in [0.15, 0.2) is 23.3 Å². The zero-order chi connectivity index (χ0) is 14.4. The minimum atomic E-state index is -0.967. The van der Waals surface area contributed by atoms with Gasteiger partial charge < -0.3 is 0 Å². The van der Waals surface area contributed by atoms with E-state index in [-0.39, 0.29) is 0 Å². The maximum absolute atomic E-state index is 2.59. The average Bonchev–Trinajstić information content (AvgIpc) is 2.09.